The topological polar surface area (TPSA) is 111 Å². The summed E-state index contributed by atoms with van der Waals surface area (Å²) in [7, 11) is 0. The van der Waals surface area contributed by atoms with E-state index in [0.717, 1.165) is 41.4 Å². The van der Waals surface area contributed by atoms with E-state index < -0.39 is 6.09 Å². The average Bonchev–Trinajstić information content (AvgIpc) is 3.29. The fourth-order valence-corrected chi connectivity index (χ4v) is 3.84. The average molecular weight is 442 g/mol. The lowest BCUT2D eigenvalue weighted by molar-refractivity contribution is -0.129. The summed E-state index contributed by atoms with van der Waals surface area (Å²) in [5.41, 5.74) is 2.73. The van der Waals surface area contributed by atoms with Gasteiger partial charge in [-0.1, -0.05) is 42.5 Å². The molecule has 1 heterocycles. The maximum absolute atomic E-state index is 11.1. The zero-order chi connectivity index (χ0) is 22.8. The number of ether oxygens (including phenoxy) is 1. The Morgan fingerprint density at radius 1 is 1.16 bits per heavy atom. The summed E-state index contributed by atoms with van der Waals surface area (Å²) in [5, 5.41) is 23.4. The number of likely N-dealkylation sites (tertiary alicyclic amines) is 1. The molecular formula is C24H31N3O5. The van der Waals surface area contributed by atoms with E-state index in [9.17, 15) is 9.59 Å². The Morgan fingerprint density at radius 2 is 1.97 bits per heavy atom. The van der Waals surface area contributed by atoms with Crippen LogP contribution in [0.15, 0.2) is 54.1 Å². The van der Waals surface area contributed by atoms with E-state index in [4.69, 9.17) is 15.1 Å². The molecule has 0 aliphatic carbocycles. The molecule has 4 N–H and O–H groups in total. The van der Waals surface area contributed by atoms with Crippen LogP contribution in [0.4, 0.5) is 4.79 Å². The number of nitrogens with zero attached hydrogens (tertiary/aromatic N) is 1. The highest BCUT2D eigenvalue weighted by molar-refractivity contribution is 5.88. The molecule has 1 aliphatic heterocycles. The molecule has 1 unspecified atom stereocenters. The predicted molar refractivity (Wildman–Crippen MR) is 122 cm³/mol. The van der Waals surface area contributed by atoms with Crippen molar-refractivity contribution in [2.75, 3.05) is 26.2 Å². The van der Waals surface area contributed by atoms with Gasteiger partial charge in [0, 0.05) is 37.5 Å². The zero-order valence-electron chi connectivity index (χ0n) is 18.1. The van der Waals surface area contributed by atoms with Gasteiger partial charge in [0.25, 0.3) is 0 Å². The number of carbonyl (C=O) groups is 2. The molecule has 32 heavy (non-hydrogen) atoms. The van der Waals surface area contributed by atoms with Crippen LogP contribution in [0.1, 0.15) is 32.1 Å². The summed E-state index contributed by atoms with van der Waals surface area (Å²) in [6.45, 7) is 2.07. The van der Waals surface area contributed by atoms with Crippen molar-refractivity contribution in [3.8, 4) is 5.75 Å². The maximum atomic E-state index is 11.1. The first-order valence-corrected chi connectivity index (χ1v) is 11.0. The van der Waals surface area contributed by atoms with Gasteiger partial charge in [-0.25, -0.2) is 10.3 Å². The summed E-state index contributed by atoms with van der Waals surface area (Å²) in [4.78, 5) is 23.7. The normalized spacial score (nSPS) is 16.3. The fraction of sp³-hybridized carbons (Fsp3) is 0.417. The molecule has 2 aromatic rings. The molecule has 0 spiro atoms. The highest BCUT2D eigenvalue weighted by Crippen LogP contribution is 2.25. The minimum Gasteiger partial charge on any atom is -0.489 e. The Kier molecular flexibility index (Phi) is 8.89. The minimum absolute atomic E-state index is 0.125. The molecule has 172 valence electrons. The van der Waals surface area contributed by atoms with Crippen LogP contribution < -0.4 is 15.5 Å². The van der Waals surface area contributed by atoms with E-state index in [1.165, 1.54) is 4.90 Å². The Labute approximate surface area is 187 Å². The van der Waals surface area contributed by atoms with E-state index in [-0.39, 0.29) is 18.4 Å². The molecule has 0 saturated carbocycles. The van der Waals surface area contributed by atoms with Crippen LogP contribution in [-0.4, -0.2) is 59.5 Å². The smallest absolute Gasteiger partial charge is 0.407 e. The highest BCUT2D eigenvalue weighted by atomic mass is 16.5. The molecular weight excluding hydrogens is 410 g/mol. The van der Waals surface area contributed by atoms with Gasteiger partial charge in [0.15, 0.2) is 0 Å². The number of amides is 2. The third-order valence-corrected chi connectivity index (χ3v) is 5.65. The van der Waals surface area contributed by atoms with E-state index in [1.54, 1.807) is 5.48 Å². The number of allylic oxidation sites excluding steroid dienone is 1. The SMILES string of the molecule is O=C(CCCC/C=C(\CNC1CCN(C(=O)O)C1)COc1cccc2ccccc12)NO. The second kappa shape index (κ2) is 12.1. The van der Waals surface area contributed by atoms with Crippen LogP contribution in [0, 0.1) is 0 Å². The third kappa shape index (κ3) is 6.96. The van der Waals surface area contributed by atoms with Crippen molar-refractivity contribution in [2.45, 2.75) is 38.1 Å². The van der Waals surface area contributed by atoms with Gasteiger partial charge in [-0.2, -0.15) is 0 Å². The number of fused-ring (bicyclic) bond motifs is 1. The van der Waals surface area contributed by atoms with Crippen LogP contribution in [0.2, 0.25) is 0 Å². The van der Waals surface area contributed by atoms with Gasteiger partial charge in [0.1, 0.15) is 12.4 Å². The summed E-state index contributed by atoms with van der Waals surface area (Å²) in [6, 6.07) is 14.2. The van der Waals surface area contributed by atoms with E-state index in [1.807, 2.05) is 30.3 Å². The van der Waals surface area contributed by atoms with E-state index in [2.05, 4.69) is 23.5 Å². The Bertz CT molecular complexity index is 941. The zero-order valence-corrected chi connectivity index (χ0v) is 18.1. The number of carbonyl (C=O) groups excluding carboxylic acids is 1. The van der Waals surface area contributed by atoms with Crippen LogP contribution in [0.5, 0.6) is 5.75 Å². The quantitative estimate of drug-likeness (QED) is 0.184. The molecule has 1 saturated heterocycles. The van der Waals surface area contributed by atoms with Gasteiger partial charge in [-0.15, -0.1) is 0 Å². The van der Waals surface area contributed by atoms with Crippen molar-refractivity contribution in [3.05, 3.63) is 54.1 Å². The molecule has 3 rings (SSSR count). The van der Waals surface area contributed by atoms with Crippen LogP contribution >= 0.6 is 0 Å². The summed E-state index contributed by atoms with van der Waals surface area (Å²) >= 11 is 0. The molecule has 8 heteroatoms. The second-order valence-corrected chi connectivity index (χ2v) is 8.00. The Hall–Kier alpha value is -3.10. The van der Waals surface area contributed by atoms with Gasteiger partial charge in [0.05, 0.1) is 0 Å². The van der Waals surface area contributed by atoms with Crippen LogP contribution in [0.25, 0.3) is 10.8 Å². The van der Waals surface area contributed by atoms with Crippen molar-refractivity contribution in [1.29, 1.82) is 0 Å². The summed E-state index contributed by atoms with van der Waals surface area (Å²) in [5.74, 6) is 0.450. The predicted octanol–water partition coefficient (Wildman–Crippen LogP) is 3.55. The van der Waals surface area contributed by atoms with Crippen LogP contribution in [0.3, 0.4) is 0 Å². The Morgan fingerprint density at radius 3 is 2.75 bits per heavy atom. The van der Waals surface area contributed by atoms with Crippen molar-refractivity contribution in [2.24, 2.45) is 0 Å². The number of rotatable bonds is 11. The summed E-state index contributed by atoms with van der Waals surface area (Å²) in [6.07, 6.45) is 4.62. The van der Waals surface area contributed by atoms with Gasteiger partial charge in [-0.05, 0) is 42.7 Å². The molecule has 1 fully saturated rings. The standard InChI is InChI=1S/C24H31N3O5/c28-23(26-31)12-3-1-2-7-18(15-25-20-13-14-27(16-20)24(29)30)17-32-22-11-6-9-19-8-4-5-10-21(19)22/h4-11,20,25,31H,1-3,12-17H2,(H,26,28)(H,29,30)/b18-7+. The minimum atomic E-state index is -0.878. The van der Waals surface area contributed by atoms with Crippen molar-refractivity contribution in [3.63, 3.8) is 0 Å². The molecule has 1 atom stereocenters. The second-order valence-electron chi connectivity index (χ2n) is 8.00. The Balaban J connectivity index is 1.58. The maximum Gasteiger partial charge on any atom is 0.407 e. The van der Waals surface area contributed by atoms with Gasteiger partial charge in [0.2, 0.25) is 5.91 Å². The van der Waals surface area contributed by atoms with Gasteiger partial charge in [-0.3, -0.25) is 10.0 Å². The summed E-state index contributed by atoms with van der Waals surface area (Å²) < 4.78 is 6.16. The first kappa shape index (κ1) is 23.6. The molecule has 2 aromatic carbocycles. The monoisotopic (exact) mass is 441 g/mol. The van der Waals surface area contributed by atoms with Crippen molar-refractivity contribution >= 4 is 22.8 Å². The highest BCUT2D eigenvalue weighted by Gasteiger charge is 2.25. The number of unbranched alkanes of at least 4 members (excludes halogenated alkanes) is 2. The number of carboxylic acid groups (broad SMARTS) is 1. The fourth-order valence-electron chi connectivity index (χ4n) is 3.84. The molecule has 1 aliphatic rings. The van der Waals surface area contributed by atoms with E-state index in [0.29, 0.717) is 32.7 Å². The lowest BCUT2D eigenvalue weighted by Gasteiger charge is -2.17. The molecule has 8 nitrogen and oxygen atoms in total. The van der Waals surface area contributed by atoms with Gasteiger partial charge < -0.3 is 20.1 Å². The lowest BCUT2D eigenvalue weighted by Crippen LogP contribution is -2.36. The molecule has 0 aromatic heterocycles. The number of hydroxylamine groups is 1. The largest absolute Gasteiger partial charge is 0.489 e. The van der Waals surface area contributed by atoms with Crippen molar-refractivity contribution in [1.82, 2.24) is 15.7 Å². The first-order chi connectivity index (χ1) is 15.6. The van der Waals surface area contributed by atoms with Gasteiger partial charge >= 0.3 is 6.09 Å². The molecule has 0 radical (unpaired) electrons. The molecule has 2 amide bonds. The number of nitrogens with one attached hydrogen (secondary N) is 2. The first-order valence-electron chi connectivity index (χ1n) is 11.0. The molecule has 0 bridgehead atoms. The van der Waals surface area contributed by atoms with E-state index >= 15 is 0 Å². The number of hydrogen-bond acceptors (Lipinski definition) is 5. The van der Waals surface area contributed by atoms with Crippen LogP contribution in [-0.2, 0) is 4.79 Å². The number of benzene rings is 2. The lowest BCUT2D eigenvalue weighted by atomic mass is 10.1. The number of hydrogen-bond donors (Lipinski definition) is 4. The van der Waals surface area contributed by atoms with Crippen molar-refractivity contribution < 1.29 is 24.6 Å². The third-order valence-electron chi connectivity index (χ3n) is 5.65.